The van der Waals surface area contributed by atoms with E-state index in [1.54, 1.807) is 42.5 Å². The van der Waals surface area contributed by atoms with Gasteiger partial charge in [-0.05, 0) is 67.9 Å². The van der Waals surface area contributed by atoms with E-state index in [1.807, 2.05) is 24.3 Å². The summed E-state index contributed by atoms with van der Waals surface area (Å²) in [5.74, 6) is -1.12. The number of nitrogens with zero attached hydrogens (tertiary/aromatic N) is 2. The predicted molar refractivity (Wildman–Crippen MR) is 146 cm³/mol. The highest BCUT2D eigenvalue weighted by atomic mass is 35.5. The molecule has 0 radical (unpaired) electrons. The van der Waals surface area contributed by atoms with Crippen molar-refractivity contribution in [3.05, 3.63) is 88.5 Å². The Balaban J connectivity index is 1.95. The molecule has 0 spiro atoms. The lowest BCUT2D eigenvalue weighted by Gasteiger charge is -2.27. The van der Waals surface area contributed by atoms with E-state index in [0.29, 0.717) is 27.8 Å². The number of anilines is 2. The molecule has 1 amide bonds. The van der Waals surface area contributed by atoms with Crippen LogP contribution in [0.15, 0.2) is 72.3 Å². The van der Waals surface area contributed by atoms with Crippen LogP contribution in [0.2, 0.25) is 5.02 Å². The SMILES string of the molecule is CCN(CC)c1ccc(C2/C(=C(\O)c3cc(OC)ccc3OC)C(=O)C(=O)N2c2cccc(Cl)c2)cc1. The number of methoxy groups -OCH3 is 2. The fourth-order valence-electron chi connectivity index (χ4n) is 4.64. The highest BCUT2D eigenvalue weighted by Crippen LogP contribution is 2.44. The van der Waals surface area contributed by atoms with Crippen molar-refractivity contribution in [2.75, 3.05) is 37.1 Å². The van der Waals surface area contributed by atoms with Crippen LogP contribution in [0, 0.1) is 0 Å². The average molecular weight is 521 g/mol. The summed E-state index contributed by atoms with van der Waals surface area (Å²) in [6.45, 7) is 5.83. The second kappa shape index (κ2) is 11.0. The number of aliphatic hydroxyl groups excluding tert-OH is 1. The van der Waals surface area contributed by atoms with Gasteiger partial charge in [0.2, 0.25) is 0 Å². The molecule has 3 aromatic rings. The summed E-state index contributed by atoms with van der Waals surface area (Å²) < 4.78 is 10.8. The predicted octanol–water partition coefficient (Wildman–Crippen LogP) is 5.83. The van der Waals surface area contributed by atoms with Crippen molar-refractivity contribution in [1.82, 2.24) is 0 Å². The van der Waals surface area contributed by atoms with Crippen LogP contribution in [0.3, 0.4) is 0 Å². The number of ether oxygens (including phenoxy) is 2. The summed E-state index contributed by atoms with van der Waals surface area (Å²) in [6, 6.07) is 18.4. The first-order chi connectivity index (χ1) is 17.8. The van der Waals surface area contributed by atoms with Gasteiger partial charge in [-0.3, -0.25) is 14.5 Å². The van der Waals surface area contributed by atoms with Gasteiger partial charge in [0, 0.05) is 29.5 Å². The van der Waals surface area contributed by atoms with E-state index in [4.69, 9.17) is 21.1 Å². The maximum Gasteiger partial charge on any atom is 0.300 e. The van der Waals surface area contributed by atoms with E-state index in [2.05, 4.69) is 18.7 Å². The number of hydrogen-bond donors (Lipinski definition) is 1. The van der Waals surface area contributed by atoms with Crippen molar-refractivity contribution in [1.29, 1.82) is 0 Å². The number of benzene rings is 3. The highest BCUT2D eigenvalue weighted by molar-refractivity contribution is 6.51. The van der Waals surface area contributed by atoms with Crippen molar-refractivity contribution < 1.29 is 24.2 Å². The van der Waals surface area contributed by atoms with E-state index in [-0.39, 0.29) is 16.9 Å². The summed E-state index contributed by atoms with van der Waals surface area (Å²) in [6.07, 6.45) is 0. The quantitative estimate of drug-likeness (QED) is 0.229. The molecule has 1 atom stereocenters. The lowest BCUT2D eigenvalue weighted by molar-refractivity contribution is -0.132. The number of carbonyl (C=O) groups is 2. The van der Waals surface area contributed by atoms with Crippen molar-refractivity contribution in [3.8, 4) is 11.5 Å². The first-order valence-corrected chi connectivity index (χ1v) is 12.4. The molecule has 1 N–H and O–H groups in total. The van der Waals surface area contributed by atoms with Gasteiger partial charge < -0.3 is 19.5 Å². The molecule has 4 rings (SSSR count). The first-order valence-electron chi connectivity index (χ1n) is 12.0. The molecule has 0 aliphatic carbocycles. The average Bonchev–Trinajstić information content (AvgIpc) is 3.19. The van der Waals surface area contributed by atoms with Gasteiger partial charge in [0.1, 0.15) is 17.3 Å². The highest BCUT2D eigenvalue weighted by Gasteiger charge is 2.47. The molecule has 1 fully saturated rings. The molecule has 3 aromatic carbocycles. The molecule has 0 saturated carbocycles. The third-order valence-electron chi connectivity index (χ3n) is 6.53. The number of aliphatic hydroxyl groups is 1. The number of carbonyl (C=O) groups excluding carboxylic acids is 2. The lowest BCUT2D eigenvalue weighted by atomic mass is 9.94. The Kier molecular flexibility index (Phi) is 7.74. The number of rotatable bonds is 8. The zero-order valence-electron chi connectivity index (χ0n) is 21.2. The van der Waals surface area contributed by atoms with Crippen molar-refractivity contribution in [2.24, 2.45) is 0 Å². The fourth-order valence-corrected chi connectivity index (χ4v) is 4.83. The molecule has 1 saturated heterocycles. The summed E-state index contributed by atoms with van der Waals surface area (Å²) >= 11 is 6.24. The molecule has 0 aromatic heterocycles. The van der Waals surface area contributed by atoms with Gasteiger partial charge in [-0.25, -0.2) is 0 Å². The normalized spacial score (nSPS) is 16.7. The smallest absolute Gasteiger partial charge is 0.300 e. The molecular weight excluding hydrogens is 492 g/mol. The van der Waals surface area contributed by atoms with Crippen LogP contribution < -0.4 is 19.3 Å². The van der Waals surface area contributed by atoms with Crippen LogP contribution in [-0.4, -0.2) is 44.1 Å². The third kappa shape index (κ3) is 4.87. The molecule has 192 valence electrons. The van der Waals surface area contributed by atoms with Crippen LogP contribution in [0.4, 0.5) is 11.4 Å². The third-order valence-corrected chi connectivity index (χ3v) is 6.77. The van der Waals surface area contributed by atoms with Crippen molar-refractivity contribution in [3.63, 3.8) is 0 Å². The number of amides is 1. The minimum absolute atomic E-state index is 0.0490. The number of Topliss-reactive ketones (excluding diaryl/α,β-unsaturated/α-hetero) is 1. The maximum atomic E-state index is 13.5. The largest absolute Gasteiger partial charge is 0.507 e. The second-order valence-corrected chi connectivity index (χ2v) is 8.92. The summed E-state index contributed by atoms with van der Waals surface area (Å²) in [5.41, 5.74) is 2.33. The van der Waals surface area contributed by atoms with Crippen molar-refractivity contribution in [2.45, 2.75) is 19.9 Å². The second-order valence-electron chi connectivity index (χ2n) is 8.48. The van der Waals surface area contributed by atoms with Gasteiger partial charge >= 0.3 is 0 Å². The van der Waals surface area contributed by atoms with Gasteiger partial charge in [-0.2, -0.15) is 0 Å². The van der Waals surface area contributed by atoms with E-state index in [0.717, 1.165) is 18.8 Å². The molecule has 0 bridgehead atoms. The maximum absolute atomic E-state index is 13.5. The monoisotopic (exact) mass is 520 g/mol. The van der Waals surface area contributed by atoms with Crippen molar-refractivity contribution >= 4 is 40.4 Å². The molecule has 1 aliphatic rings. The van der Waals surface area contributed by atoms with Gasteiger partial charge in [-0.15, -0.1) is 0 Å². The number of hydrogen-bond acceptors (Lipinski definition) is 6. The molecule has 8 heteroatoms. The number of ketones is 1. The Morgan fingerprint density at radius 1 is 0.973 bits per heavy atom. The standard InChI is InChI=1S/C29H29ClN2O5/c1-5-31(6-2)20-12-10-18(11-13-20)26-25(27(33)23-17-22(36-3)14-15-24(23)37-4)28(34)29(35)32(26)21-9-7-8-19(30)16-21/h7-17,26,33H,5-6H2,1-4H3/b27-25+. The molecule has 1 unspecified atom stereocenters. The first kappa shape index (κ1) is 26.1. The topological polar surface area (TPSA) is 79.3 Å². The zero-order chi connectivity index (χ0) is 26.7. The van der Waals surface area contributed by atoms with Crippen LogP contribution in [0.5, 0.6) is 11.5 Å². The molecule has 37 heavy (non-hydrogen) atoms. The van der Waals surface area contributed by atoms with E-state index in [1.165, 1.54) is 19.1 Å². The zero-order valence-corrected chi connectivity index (χ0v) is 22.0. The molecular formula is C29H29ClN2O5. The Morgan fingerprint density at radius 2 is 1.68 bits per heavy atom. The van der Waals surface area contributed by atoms with Crippen LogP contribution >= 0.6 is 11.6 Å². The Hall–Kier alpha value is -3.97. The van der Waals surface area contributed by atoms with E-state index in [9.17, 15) is 14.7 Å². The Bertz CT molecular complexity index is 1350. The van der Waals surface area contributed by atoms with Gasteiger partial charge in [0.25, 0.3) is 11.7 Å². The van der Waals surface area contributed by atoms with Gasteiger partial charge in [0.05, 0.1) is 31.4 Å². The van der Waals surface area contributed by atoms with Crippen LogP contribution in [0.1, 0.15) is 31.0 Å². The fraction of sp³-hybridized carbons (Fsp3) is 0.241. The Labute approximate surface area is 221 Å². The summed E-state index contributed by atoms with van der Waals surface area (Å²) in [4.78, 5) is 30.5. The summed E-state index contributed by atoms with van der Waals surface area (Å²) in [7, 11) is 2.97. The van der Waals surface area contributed by atoms with Gasteiger partial charge in [0.15, 0.2) is 0 Å². The Morgan fingerprint density at radius 3 is 2.27 bits per heavy atom. The minimum Gasteiger partial charge on any atom is -0.507 e. The molecule has 7 nitrogen and oxygen atoms in total. The van der Waals surface area contributed by atoms with Crippen LogP contribution in [0.25, 0.3) is 5.76 Å². The number of halogens is 1. The molecule has 1 aliphatic heterocycles. The van der Waals surface area contributed by atoms with E-state index >= 15 is 0 Å². The van der Waals surface area contributed by atoms with Crippen LogP contribution in [-0.2, 0) is 9.59 Å². The van der Waals surface area contributed by atoms with E-state index < -0.39 is 17.7 Å². The minimum atomic E-state index is -0.889. The lowest BCUT2D eigenvalue weighted by Crippen LogP contribution is -2.29. The molecule has 1 heterocycles. The van der Waals surface area contributed by atoms with Gasteiger partial charge in [-0.1, -0.05) is 29.8 Å². The summed E-state index contributed by atoms with van der Waals surface area (Å²) in [5, 5.41) is 11.9.